The van der Waals surface area contributed by atoms with E-state index in [1.54, 1.807) is 6.07 Å². The van der Waals surface area contributed by atoms with Crippen LogP contribution in [0.2, 0.25) is 5.15 Å². The molecule has 1 fully saturated rings. The van der Waals surface area contributed by atoms with E-state index in [1.165, 1.54) is 25.7 Å². The molecule has 0 spiro atoms. The number of aryl methyl sites for hydroxylation is 2. The third-order valence-electron chi connectivity index (χ3n) is 6.37. The Labute approximate surface area is 183 Å². The van der Waals surface area contributed by atoms with Gasteiger partial charge in [-0.2, -0.15) is 0 Å². The second-order valence-corrected chi connectivity index (χ2v) is 8.98. The summed E-state index contributed by atoms with van der Waals surface area (Å²) in [5.74, 6) is 1.86. The van der Waals surface area contributed by atoms with E-state index >= 15 is 0 Å². The maximum Gasteiger partial charge on any atom is 0.224 e. The van der Waals surface area contributed by atoms with Gasteiger partial charge in [0.2, 0.25) is 5.91 Å². The van der Waals surface area contributed by atoms with Crippen LogP contribution in [-0.4, -0.2) is 22.5 Å². The van der Waals surface area contributed by atoms with Crippen molar-refractivity contribution in [3.8, 4) is 5.75 Å². The molecule has 0 bridgehead atoms. The van der Waals surface area contributed by atoms with Gasteiger partial charge in [-0.3, -0.25) is 4.79 Å². The summed E-state index contributed by atoms with van der Waals surface area (Å²) >= 11 is 6.50. The zero-order chi connectivity index (χ0) is 21.1. The second kappa shape index (κ2) is 9.25. The number of fused-ring (bicyclic) bond motifs is 1. The maximum absolute atomic E-state index is 12.4. The number of nitrogens with one attached hydrogen (secondary N) is 1. The van der Waals surface area contributed by atoms with Crippen molar-refractivity contribution in [3.05, 3.63) is 40.5 Å². The molecule has 1 aromatic heterocycles. The Kier molecular flexibility index (Phi) is 6.47. The minimum absolute atomic E-state index is 0.00587. The topological polar surface area (TPSA) is 65.5 Å². The summed E-state index contributed by atoms with van der Waals surface area (Å²) in [5.41, 5.74) is 3.66. The van der Waals surface area contributed by atoms with Crippen LogP contribution in [0.25, 0.3) is 0 Å². The number of nitrogens with zero attached hydrogens (tertiary/aromatic N) is 2. The molecule has 2 aliphatic rings. The van der Waals surface area contributed by atoms with Crippen molar-refractivity contribution in [2.75, 3.05) is 16.8 Å². The van der Waals surface area contributed by atoms with Gasteiger partial charge in [0.15, 0.2) is 5.15 Å². The summed E-state index contributed by atoms with van der Waals surface area (Å²) in [6.07, 6.45) is 9.82. The molecule has 0 unspecified atom stereocenters. The van der Waals surface area contributed by atoms with Gasteiger partial charge in [-0.1, -0.05) is 37.3 Å². The lowest BCUT2D eigenvalue weighted by Crippen LogP contribution is -2.25. The zero-order valence-electron chi connectivity index (χ0n) is 17.6. The molecule has 6 heteroatoms. The molecule has 2 N–H and O–H groups in total. The van der Waals surface area contributed by atoms with E-state index in [4.69, 9.17) is 11.6 Å². The number of pyridine rings is 1. The smallest absolute Gasteiger partial charge is 0.224 e. The first-order chi connectivity index (χ1) is 14.5. The van der Waals surface area contributed by atoms with Crippen LogP contribution in [0, 0.1) is 12.8 Å². The fourth-order valence-corrected chi connectivity index (χ4v) is 5.06. The van der Waals surface area contributed by atoms with Gasteiger partial charge in [-0.25, -0.2) is 4.98 Å². The molecule has 2 aromatic rings. The minimum atomic E-state index is 0.00587. The van der Waals surface area contributed by atoms with E-state index in [1.807, 2.05) is 25.1 Å². The molecule has 0 atom stereocenters. The molecule has 0 saturated heterocycles. The Balaban J connectivity index is 1.44. The average molecular weight is 428 g/mol. The van der Waals surface area contributed by atoms with E-state index in [0.717, 1.165) is 60.8 Å². The first kappa shape index (κ1) is 21.0. The van der Waals surface area contributed by atoms with Gasteiger partial charge in [0.05, 0.1) is 5.69 Å². The summed E-state index contributed by atoms with van der Waals surface area (Å²) in [6, 6.07) is 7.42. The Hall–Kier alpha value is -2.27. The molecule has 30 heavy (non-hydrogen) atoms. The Morgan fingerprint density at radius 2 is 2.07 bits per heavy atom. The van der Waals surface area contributed by atoms with E-state index in [-0.39, 0.29) is 11.7 Å². The van der Waals surface area contributed by atoms with Crippen molar-refractivity contribution in [3.63, 3.8) is 0 Å². The van der Waals surface area contributed by atoms with E-state index in [0.29, 0.717) is 17.3 Å². The van der Waals surface area contributed by atoms with Crippen molar-refractivity contribution in [1.82, 2.24) is 4.98 Å². The highest BCUT2D eigenvalue weighted by Gasteiger charge is 2.22. The molecule has 5 nitrogen and oxygen atoms in total. The zero-order valence-corrected chi connectivity index (χ0v) is 18.3. The van der Waals surface area contributed by atoms with Gasteiger partial charge in [0.25, 0.3) is 0 Å². The third-order valence-corrected chi connectivity index (χ3v) is 6.65. The number of rotatable bonds is 6. The van der Waals surface area contributed by atoms with Gasteiger partial charge < -0.3 is 15.3 Å². The van der Waals surface area contributed by atoms with Crippen LogP contribution in [0.1, 0.15) is 62.5 Å². The number of phenols is 1. The van der Waals surface area contributed by atoms with Crippen molar-refractivity contribution < 1.29 is 9.90 Å². The molecular weight excluding hydrogens is 398 g/mol. The fourth-order valence-electron chi connectivity index (χ4n) is 4.78. The lowest BCUT2D eigenvalue weighted by Gasteiger charge is -2.31. The number of aromatic nitrogens is 1. The molecule has 0 radical (unpaired) electrons. The van der Waals surface area contributed by atoms with Crippen molar-refractivity contribution in [2.45, 2.75) is 64.7 Å². The van der Waals surface area contributed by atoms with Crippen LogP contribution >= 0.6 is 11.6 Å². The first-order valence-electron chi connectivity index (χ1n) is 11.1. The highest BCUT2D eigenvalue weighted by atomic mass is 35.5. The highest BCUT2D eigenvalue weighted by Crippen LogP contribution is 2.37. The van der Waals surface area contributed by atoms with Crippen LogP contribution in [0.4, 0.5) is 17.2 Å². The fraction of sp³-hybridized carbons (Fsp3) is 0.500. The standard InChI is InChI=1S/C24H30ClN3O2/c1-16-14-21(28-13-5-9-18-15-19(29)11-12-20(18)28)26-24(25)23(16)27-22(30)10-4-8-17-6-2-3-7-17/h11-12,14-15,17,29H,2-10,13H2,1H3,(H,27,30). The molecule has 1 aliphatic heterocycles. The number of amides is 1. The van der Waals surface area contributed by atoms with Gasteiger partial charge in [0.1, 0.15) is 11.6 Å². The van der Waals surface area contributed by atoms with Gasteiger partial charge in [-0.05, 0) is 73.9 Å². The number of phenolic OH excluding ortho intramolecular Hbond substituents is 1. The Morgan fingerprint density at radius 1 is 1.27 bits per heavy atom. The van der Waals surface area contributed by atoms with E-state index < -0.39 is 0 Å². The number of hydrogen-bond donors (Lipinski definition) is 2. The normalized spacial score (nSPS) is 16.5. The molecule has 1 aliphatic carbocycles. The summed E-state index contributed by atoms with van der Waals surface area (Å²) in [6.45, 7) is 2.79. The molecule has 1 saturated carbocycles. The third kappa shape index (κ3) is 4.72. The Bertz CT molecular complexity index is 902. The van der Waals surface area contributed by atoms with Crippen LogP contribution < -0.4 is 10.2 Å². The number of carbonyl (C=O) groups is 1. The number of carbonyl (C=O) groups excluding carboxylic acids is 1. The predicted octanol–water partition coefficient (Wildman–Crippen LogP) is 6.13. The first-order valence-corrected chi connectivity index (χ1v) is 11.5. The molecule has 1 amide bonds. The summed E-state index contributed by atoms with van der Waals surface area (Å²) < 4.78 is 0. The summed E-state index contributed by atoms with van der Waals surface area (Å²) in [7, 11) is 0. The lowest BCUT2D eigenvalue weighted by atomic mass is 10.0. The predicted molar refractivity (Wildman–Crippen MR) is 122 cm³/mol. The monoisotopic (exact) mass is 427 g/mol. The van der Waals surface area contributed by atoms with Crippen molar-refractivity contribution in [2.24, 2.45) is 5.92 Å². The maximum atomic E-state index is 12.4. The van der Waals surface area contributed by atoms with Crippen LogP contribution in [-0.2, 0) is 11.2 Å². The van der Waals surface area contributed by atoms with Gasteiger partial charge in [0, 0.05) is 18.7 Å². The molecule has 4 rings (SSSR count). The number of anilines is 3. The van der Waals surface area contributed by atoms with Crippen LogP contribution in [0.15, 0.2) is 24.3 Å². The summed E-state index contributed by atoms with van der Waals surface area (Å²) in [4.78, 5) is 19.2. The second-order valence-electron chi connectivity index (χ2n) is 8.62. The number of halogens is 1. The summed E-state index contributed by atoms with van der Waals surface area (Å²) in [5, 5.41) is 13.1. The quantitative estimate of drug-likeness (QED) is 0.544. The minimum Gasteiger partial charge on any atom is -0.508 e. The highest BCUT2D eigenvalue weighted by molar-refractivity contribution is 6.32. The average Bonchev–Trinajstić information content (AvgIpc) is 3.23. The number of hydrogen-bond acceptors (Lipinski definition) is 4. The molecule has 2 heterocycles. The van der Waals surface area contributed by atoms with Crippen LogP contribution in [0.3, 0.4) is 0 Å². The van der Waals surface area contributed by atoms with Gasteiger partial charge >= 0.3 is 0 Å². The number of benzene rings is 1. The van der Waals surface area contributed by atoms with Gasteiger partial charge in [-0.15, -0.1) is 0 Å². The lowest BCUT2D eigenvalue weighted by molar-refractivity contribution is -0.116. The van der Waals surface area contributed by atoms with E-state index in [2.05, 4.69) is 15.2 Å². The van der Waals surface area contributed by atoms with E-state index in [9.17, 15) is 9.90 Å². The molecule has 1 aromatic carbocycles. The largest absolute Gasteiger partial charge is 0.508 e. The van der Waals surface area contributed by atoms with Crippen LogP contribution in [0.5, 0.6) is 5.75 Å². The Morgan fingerprint density at radius 3 is 2.83 bits per heavy atom. The van der Waals surface area contributed by atoms with Crippen molar-refractivity contribution >= 4 is 34.7 Å². The van der Waals surface area contributed by atoms with Crippen molar-refractivity contribution in [1.29, 1.82) is 0 Å². The SMILES string of the molecule is Cc1cc(N2CCCc3cc(O)ccc32)nc(Cl)c1NC(=O)CCCC1CCCC1. The number of aromatic hydroxyl groups is 1. The molecular formula is C24H30ClN3O2. The molecule has 160 valence electrons.